The third-order valence-electron chi connectivity index (χ3n) is 2.95. The highest BCUT2D eigenvalue weighted by Gasteiger charge is 2.26. The Morgan fingerprint density at radius 2 is 1.90 bits per heavy atom. The van der Waals surface area contributed by atoms with Crippen molar-refractivity contribution in [3.8, 4) is 0 Å². The zero-order valence-corrected chi connectivity index (χ0v) is 12.5. The first-order valence-corrected chi connectivity index (χ1v) is 7.64. The zero-order chi connectivity index (χ0) is 15.5. The second-order valence-corrected chi connectivity index (χ2v) is 6.56. The average molecular weight is 301 g/mol. The Balaban J connectivity index is 3.17. The van der Waals surface area contributed by atoms with Gasteiger partial charge in [-0.15, -0.1) is 0 Å². The maximum Gasteiger partial charge on any atom is 0.289 e. The van der Waals surface area contributed by atoms with Crippen LogP contribution in [0.15, 0.2) is 17.0 Å². The lowest BCUT2D eigenvalue weighted by molar-refractivity contribution is -0.387. The summed E-state index contributed by atoms with van der Waals surface area (Å²) < 4.78 is 26.6. The van der Waals surface area contributed by atoms with Gasteiger partial charge in [0.2, 0.25) is 10.0 Å². The first-order valence-electron chi connectivity index (χ1n) is 6.16. The van der Waals surface area contributed by atoms with Crippen LogP contribution in [0.3, 0.4) is 0 Å². The van der Waals surface area contributed by atoms with Crippen molar-refractivity contribution in [3.05, 3.63) is 33.4 Å². The number of rotatable bonds is 6. The third kappa shape index (κ3) is 3.99. The van der Waals surface area contributed by atoms with Crippen molar-refractivity contribution in [2.45, 2.75) is 38.1 Å². The van der Waals surface area contributed by atoms with E-state index in [0.717, 1.165) is 0 Å². The summed E-state index contributed by atoms with van der Waals surface area (Å²) in [4.78, 5) is 10.0. The second kappa shape index (κ2) is 6.29. The molecule has 0 bridgehead atoms. The number of aryl methyl sites for hydroxylation is 2. The molecule has 1 unspecified atom stereocenters. The molecule has 1 rings (SSSR count). The number of benzene rings is 1. The topological polar surface area (TPSA) is 115 Å². The first-order chi connectivity index (χ1) is 9.15. The summed E-state index contributed by atoms with van der Waals surface area (Å²) in [6.07, 6.45) is 0.456. The van der Waals surface area contributed by atoms with Crippen LogP contribution in [0.25, 0.3) is 0 Å². The molecule has 0 amide bonds. The Morgan fingerprint density at radius 3 is 2.40 bits per heavy atom. The van der Waals surface area contributed by atoms with Crippen LogP contribution in [0.1, 0.15) is 24.5 Å². The van der Waals surface area contributed by atoms with Gasteiger partial charge in [-0.1, -0.05) is 0 Å². The van der Waals surface area contributed by atoms with Gasteiger partial charge < -0.3 is 5.73 Å². The largest absolute Gasteiger partial charge is 0.328 e. The molecule has 3 N–H and O–H groups in total. The Labute approximate surface area is 118 Å². The van der Waals surface area contributed by atoms with Crippen molar-refractivity contribution in [1.29, 1.82) is 0 Å². The van der Waals surface area contributed by atoms with Gasteiger partial charge >= 0.3 is 0 Å². The average Bonchev–Trinajstić information content (AvgIpc) is 2.30. The smallest absolute Gasteiger partial charge is 0.289 e. The lowest BCUT2D eigenvalue weighted by Crippen LogP contribution is -2.29. The molecule has 112 valence electrons. The Bertz CT molecular complexity index is 611. The monoisotopic (exact) mass is 301 g/mol. The minimum atomic E-state index is -3.92. The van der Waals surface area contributed by atoms with Crippen molar-refractivity contribution in [2.24, 2.45) is 5.73 Å². The molecule has 1 aromatic rings. The van der Waals surface area contributed by atoms with E-state index in [1.807, 2.05) is 0 Å². The van der Waals surface area contributed by atoms with Crippen LogP contribution < -0.4 is 10.5 Å². The number of hydrogen-bond donors (Lipinski definition) is 2. The van der Waals surface area contributed by atoms with Gasteiger partial charge in [0.1, 0.15) is 0 Å². The van der Waals surface area contributed by atoms with E-state index in [-0.39, 0.29) is 17.5 Å². The predicted octanol–water partition coefficient (Wildman–Crippen LogP) is 1.23. The fourth-order valence-corrected chi connectivity index (χ4v) is 2.91. The molecule has 8 heteroatoms. The van der Waals surface area contributed by atoms with E-state index in [1.165, 1.54) is 12.1 Å². The number of nitrogens with two attached hydrogens (primary N) is 1. The van der Waals surface area contributed by atoms with E-state index in [9.17, 15) is 18.5 Å². The minimum absolute atomic E-state index is 0.143. The SMILES string of the molecule is Cc1cc([N+](=O)[O-])c(S(=O)(=O)NCCC(C)N)cc1C. The normalized spacial score (nSPS) is 13.2. The Kier molecular flexibility index (Phi) is 5.21. The van der Waals surface area contributed by atoms with Crippen molar-refractivity contribution >= 4 is 15.7 Å². The van der Waals surface area contributed by atoms with Gasteiger partial charge in [0, 0.05) is 18.7 Å². The van der Waals surface area contributed by atoms with Crippen LogP contribution in [-0.4, -0.2) is 25.9 Å². The van der Waals surface area contributed by atoms with Crippen molar-refractivity contribution in [1.82, 2.24) is 4.72 Å². The number of hydrogen-bond acceptors (Lipinski definition) is 5. The highest BCUT2D eigenvalue weighted by atomic mass is 32.2. The van der Waals surface area contributed by atoms with E-state index in [0.29, 0.717) is 17.5 Å². The summed E-state index contributed by atoms with van der Waals surface area (Å²) in [6, 6.07) is 2.45. The molecule has 0 aliphatic carbocycles. The highest BCUT2D eigenvalue weighted by Crippen LogP contribution is 2.27. The number of nitrogens with one attached hydrogen (secondary N) is 1. The Morgan fingerprint density at radius 1 is 1.35 bits per heavy atom. The predicted molar refractivity (Wildman–Crippen MR) is 76.0 cm³/mol. The molecule has 7 nitrogen and oxygen atoms in total. The van der Waals surface area contributed by atoms with E-state index < -0.39 is 20.6 Å². The van der Waals surface area contributed by atoms with Crippen LogP contribution in [0.2, 0.25) is 0 Å². The number of nitro benzene ring substituents is 1. The van der Waals surface area contributed by atoms with Gasteiger partial charge in [0.05, 0.1) is 4.92 Å². The molecular weight excluding hydrogens is 282 g/mol. The lowest BCUT2D eigenvalue weighted by atomic mass is 10.1. The summed E-state index contributed by atoms with van der Waals surface area (Å²) in [5.74, 6) is 0. The quantitative estimate of drug-likeness (QED) is 0.605. The van der Waals surface area contributed by atoms with Crippen LogP contribution in [0, 0.1) is 24.0 Å². The van der Waals surface area contributed by atoms with Crippen molar-refractivity contribution < 1.29 is 13.3 Å². The maximum absolute atomic E-state index is 12.1. The summed E-state index contributed by atoms with van der Waals surface area (Å²) in [6.45, 7) is 5.30. The molecule has 0 aliphatic heterocycles. The molecule has 0 fully saturated rings. The summed E-state index contributed by atoms with van der Waals surface area (Å²) >= 11 is 0. The standard InChI is InChI=1S/C12H19N3O4S/c1-8-6-11(15(16)17)12(7-9(8)2)20(18,19)14-5-4-10(3)13/h6-7,10,14H,4-5,13H2,1-3H3. The molecule has 0 saturated heterocycles. The summed E-state index contributed by atoms with van der Waals surface area (Å²) in [5, 5.41) is 11.0. The van der Waals surface area contributed by atoms with Gasteiger partial charge in [0.25, 0.3) is 5.69 Å². The van der Waals surface area contributed by atoms with Gasteiger partial charge in [-0.25, -0.2) is 13.1 Å². The molecular formula is C12H19N3O4S. The van der Waals surface area contributed by atoms with E-state index in [2.05, 4.69) is 4.72 Å². The molecule has 0 spiro atoms. The lowest BCUT2D eigenvalue weighted by Gasteiger charge is -2.10. The molecule has 0 heterocycles. The van der Waals surface area contributed by atoms with E-state index in [4.69, 9.17) is 5.73 Å². The molecule has 0 aliphatic rings. The molecule has 1 atom stereocenters. The molecule has 0 radical (unpaired) electrons. The Hall–Kier alpha value is -1.51. The summed E-state index contributed by atoms with van der Waals surface area (Å²) in [7, 11) is -3.92. The van der Waals surface area contributed by atoms with Crippen LogP contribution in [0.5, 0.6) is 0 Å². The molecule has 0 saturated carbocycles. The van der Waals surface area contributed by atoms with Crippen LogP contribution in [-0.2, 0) is 10.0 Å². The second-order valence-electron chi connectivity index (χ2n) is 4.83. The third-order valence-corrected chi connectivity index (χ3v) is 4.44. The van der Waals surface area contributed by atoms with Gasteiger partial charge in [-0.3, -0.25) is 10.1 Å². The maximum atomic E-state index is 12.1. The molecule has 20 heavy (non-hydrogen) atoms. The van der Waals surface area contributed by atoms with Crippen molar-refractivity contribution in [2.75, 3.05) is 6.54 Å². The van der Waals surface area contributed by atoms with E-state index in [1.54, 1.807) is 20.8 Å². The van der Waals surface area contributed by atoms with Crippen LogP contribution >= 0.6 is 0 Å². The number of sulfonamides is 1. The fraction of sp³-hybridized carbons (Fsp3) is 0.500. The minimum Gasteiger partial charge on any atom is -0.328 e. The van der Waals surface area contributed by atoms with Crippen LogP contribution in [0.4, 0.5) is 5.69 Å². The zero-order valence-electron chi connectivity index (χ0n) is 11.7. The molecule has 1 aromatic carbocycles. The van der Waals surface area contributed by atoms with Gasteiger partial charge in [0.15, 0.2) is 4.90 Å². The summed E-state index contributed by atoms with van der Waals surface area (Å²) in [5.41, 5.74) is 6.48. The highest BCUT2D eigenvalue weighted by molar-refractivity contribution is 7.89. The number of nitrogens with zero attached hydrogens (tertiary/aromatic N) is 1. The van der Waals surface area contributed by atoms with E-state index >= 15 is 0 Å². The van der Waals surface area contributed by atoms with Gasteiger partial charge in [-0.2, -0.15) is 0 Å². The van der Waals surface area contributed by atoms with Gasteiger partial charge in [-0.05, 0) is 44.4 Å². The fourth-order valence-electron chi connectivity index (χ4n) is 1.63. The first kappa shape index (κ1) is 16.5. The van der Waals surface area contributed by atoms with Crippen molar-refractivity contribution in [3.63, 3.8) is 0 Å². The molecule has 0 aromatic heterocycles. The number of nitro groups is 1.